The maximum Gasteiger partial charge on any atom is 0.338 e. The van der Waals surface area contributed by atoms with Crippen LogP contribution in [0.15, 0.2) is 29.5 Å². The molecule has 2 aliphatic heterocycles. The largest absolute Gasteiger partial charge is 0.497 e. The van der Waals surface area contributed by atoms with Crippen LogP contribution in [-0.4, -0.2) is 99.9 Å². The van der Waals surface area contributed by atoms with E-state index < -0.39 is 12.0 Å². The fourth-order valence-electron chi connectivity index (χ4n) is 4.50. The van der Waals surface area contributed by atoms with Crippen LogP contribution in [0.25, 0.3) is 0 Å². The number of methoxy groups -OCH3 is 2. The van der Waals surface area contributed by atoms with Gasteiger partial charge in [0.05, 0.1) is 32.4 Å². The fraction of sp³-hybridized carbons (Fsp3) is 0.560. The van der Waals surface area contributed by atoms with Crippen molar-refractivity contribution in [2.24, 2.45) is 0 Å². The van der Waals surface area contributed by atoms with E-state index in [4.69, 9.17) is 14.2 Å². The Morgan fingerprint density at radius 1 is 1.11 bits per heavy atom. The SMILES string of the molecule is CCNC(=O)N1CCCN(CC2=C(C(=O)OCC)[C@H](c3cc(OC)ccc3OC)NC(=O)N2C)CC1. The van der Waals surface area contributed by atoms with E-state index in [1.165, 1.54) is 12.0 Å². The van der Waals surface area contributed by atoms with E-state index in [1.807, 2.05) is 6.92 Å². The summed E-state index contributed by atoms with van der Waals surface area (Å²) in [6.45, 7) is 7.28. The highest BCUT2D eigenvalue weighted by atomic mass is 16.5. The third-order valence-electron chi connectivity index (χ3n) is 6.40. The Bertz CT molecular complexity index is 997. The first-order chi connectivity index (χ1) is 17.3. The molecule has 1 atom stereocenters. The molecule has 1 aromatic carbocycles. The highest BCUT2D eigenvalue weighted by molar-refractivity contribution is 5.95. The normalized spacial score (nSPS) is 18.9. The van der Waals surface area contributed by atoms with E-state index in [9.17, 15) is 14.4 Å². The zero-order chi connectivity index (χ0) is 26.2. The average molecular weight is 504 g/mol. The van der Waals surface area contributed by atoms with Gasteiger partial charge in [-0.2, -0.15) is 0 Å². The number of benzene rings is 1. The smallest absolute Gasteiger partial charge is 0.338 e. The molecule has 2 aliphatic rings. The van der Waals surface area contributed by atoms with Gasteiger partial charge in [-0.15, -0.1) is 0 Å². The molecule has 0 bridgehead atoms. The van der Waals surface area contributed by atoms with Gasteiger partial charge >= 0.3 is 18.0 Å². The molecule has 0 aliphatic carbocycles. The van der Waals surface area contributed by atoms with Crippen molar-refractivity contribution in [1.29, 1.82) is 0 Å². The van der Waals surface area contributed by atoms with Crippen LogP contribution in [0.1, 0.15) is 31.9 Å². The van der Waals surface area contributed by atoms with Crippen LogP contribution in [-0.2, 0) is 9.53 Å². The van der Waals surface area contributed by atoms with E-state index in [1.54, 1.807) is 44.2 Å². The summed E-state index contributed by atoms with van der Waals surface area (Å²) in [5, 5.41) is 5.77. The van der Waals surface area contributed by atoms with Gasteiger partial charge in [0.25, 0.3) is 0 Å². The Hall–Kier alpha value is -3.47. The molecule has 3 rings (SSSR count). The van der Waals surface area contributed by atoms with Crippen LogP contribution in [0.2, 0.25) is 0 Å². The second kappa shape index (κ2) is 12.5. The summed E-state index contributed by atoms with van der Waals surface area (Å²) < 4.78 is 16.4. The number of ether oxygens (including phenoxy) is 3. The van der Waals surface area contributed by atoms with Crippen LogP contribution in [0.3, 0.4) is 0 Å². The van der Waals surface area contributed by atoms with Crippen molar-refractivity contribution in [2.45, 2.75) is 26.3 Å². The van der Waals surface area contributed by atoms with Crippen molar-refractivity contribution in [3.8, 4) is 11.5 Å². The van der Waals surface area contributed by atoms with Crippen LogP contribution >= 0.6 is 0 Å². The number of nitrogens with zero attached hydrogens (tertiary/aromatic N) is 3. The molecule has 0 saturated carbocycles. The number of carbonyl (C=O) groups excluding carboxylic acids is 3. The van der Waals surface area contributed by atoms with Gasteiger partial charge in [0.15, 0.2) is 0 Å². The molecule has 11 nitrogen and oxygen atoms in total. The van der Waals surface area contributed by atoms with Crippen molar-refractivity contribution < 1.29 is 28.6 Å². The zero-order valence-corrected chi connectivity index (χ0v) is 21.8. The molecule has 198 valence electrons. The van der Waals surface area contributed by atoms with E-state index >= 15 is 0 Å². The van der Waals surface area contributed by atoms with E-state index in [0.29, 0.717) is 61.1 Å². The number of nitrogens with one attached hydrogen (secondary N) is 2. The van der Waals surface area contributed by atoms with Crippen LogP contribution < -0.4 is 20.1 Å². The van der Waals surface area contributed by atoms with E-state index in [0.717, 1.165) is 13.0 Å². The molecule has 0 unspecified atom stereocenters. The average Bonchev–Trinajstić information content (AvgIpc) is 3.12. The topological polar surface area (TPSA) is 113 Å². The predicted octanol–water partition coefficient (Wildman–Crippen LogP) is 1.95. The number of urea groups is 2. The summed E-state index contributed by atoms with van der Waals surface area (Å²) in [5.74, 6) is 0.578. The number of amides is 4. The molecule has 36 heavy (non-hydrogen) atoms. The molecule has 0 radical (unpaired) electrons. The molecule has 0 spiro atoms. The number of likely N-dealkylation sites (N-methyl/N-ethyl adjacent to an activating group) is 1. The second-order valence-electron chi connectivity index (χ2n) is 8.58. The molecular weight excluding hydrogens is 466 g/mol. The highest BCUT2D eigenvalue weighted by Gasteiger charge is 2.39. The predicted molar refractivity (Wildman–Crippen MR) is 134 cm³/mol. The Morgan fingerprint density at radius 3 is 2.56 bits per heavy atom. The van der Waals surface area contributed by atoms with Crippen LogP contribution in [0.5, 0.6) is 11.5 Å². The van der Waals surface area contributed by atoms with Gasteiger partial charge in [0.2, 0.25) is 0 Å². The Balaban J connectivity index is 2.00. The summed E-state index contributed by atoms with van der Waals surface area (Å²) in [7, 11) is 4.73. The lowest BCUT2D eigenvalue weighted by atomic mass is 9.93. The van der Waals surface area contributed by atoms with Crippen molar-refractivity contribution in [2.75, 3.05) is 67.1 Å². The number of rotatable bonds is 8. The zero-order valence-electron chi connectivity index (χ0n) is 21.8. The number of hydrogen-bond donors (Lipinski definition) is 2. The first-order valence-corrected chi connectivity index (χ1v) is 12.3. The van der Waals surface area contributed by atoms with Crippen LogP contribution in [0, 0.1) is 0 Å². The quantitative estimate of drug-likeness (QED) is 0.522. The lowest BCUT2D eigenvalue weighted by Crippen LogP contribution is -2.49. The highest BCUT2D eigenvalue weighted by Crippen LogP contribution is 2.37. The van der Waals surface area contributed by atoms with Crippen molar-refractivity contribution in [3.05, 3.63) is 35.0 Å². The van der Waals surface area contributed by atoms with Crippen molar-refractivity contribution in [1.82, 2.24) is 25.3 Å². The molecule has 1 fully saturated rings. The van der Waals surface area contributed by atoms with Crippen molar-refractivity contribution in [3.63, 3.8) is 0 Å². The fourth-order valence-corrected chi connectivity index (χ4v) is 4.50. The molecule has 1 saturated heterocycles. The third kappa shape index (κ3) is 6.01. The van der Waals surface area contributed by atoms with Gasteiger partial charge in [-0.05, 0) is 38.5 Å². The Labute approximate surface area is 212 Å². The van der Waals surface area contributed by atoms with Gasteiger partial charge in [0.1, 0.15) is 11.5 Å². The second-order valence-corrected chi connectivity index (χ2v) is 8.58. The first-order valence-electron chi connectivity index (χ1n) is 12.3. The van der Waals surface area contributed by atoms with Gasteiger partial charge in [0, 0.05) is 57.6 Å². The third-order valence-corrected chi connectivity index (χ3v) is 6.40. The molecular formula is C25H37N5O6. The minimum absolute atomic E-state index is 0.0786. The summed E-state index contributed by atoms with van der Waals surface area (Å²) in [4.78, 5) is 44.1. The first kappa shape index (κ1) is 27.1. The van der Waals surface area contributed by atoms with Crippen molar-refractivity contribution >= 4 is 18.0 Å². The monoisotopic (exact) mass is 503 g/mol. The molecule has 2 heterocycles. The van der Waals surface area contributed by atoms with Gasteiger partial charge in [-0.3, -0.25) is 9.80 Å². The Morgan fingerprint density at radius 2 is 1.89 bits per heavy atom. The molecule has 11 heteroatoms. The Kier molecular flexibility index (Phi) is 9.40. The maximum absolute atomic E-state index is 13.3. The van der Waals surface area contributed by atoms with Gasteiger partial charge in [-0.25, -0.2) is 14.4 Å². The van der Waals surface area contributed by atoms with E-state index in [2.05, 4.69) is 15.5 Å². The van der Waals surface area contributed by atoms with Crippen LogP contribution in [0.4, 0.5) is 9.59 Å². The summed E-state index contributed by atoms with van der Waals surface area (Å²) in [6.07, 6.45) is 0.780. The van der Waals surface area contributed by atoms with Gasteiger partial charge in [-0.1, -0.05) is 0 Å². The van der Waals surface area contributed by atoms with E-state index in [-0.39, 0.29) is 18.7 Å². The lowest BCUT2D eigenvalue weighted by Gasteiger charge is -2.37. The maximum atomic E-state index is 13.3. The minimum atomic E-state index is -0.786. The number of hydrogen-bond acceptors (Lipinski definition) is 7. The summed E-state index contributed by atoms with van der Waals surface area (Å²) in [5.41, 5.74) is 1.49. The molecule has 1 aromatic rings. The minimum Gasteiger partial charge on any atom is -0.497 e. The molecule has 2 N–H and O–H groups in total. The number of carbonyl (C=O) groups is 3. The lowest BCUT2D eigenvalue weighted by molar-refractivity contribution is -0.139. The summed E-state index contributed by atoms with van der Waals surface area (Å²) >= 11 is 0. The number of esters is 1. The standard InChI is InChI=1S/C25H37N5O6/c1-6-26-24(32)30-12-8-11-29(13-14-30)16-19-21(23(31)36-7-2)22(27-25(33)28(19)3)18-15-17(34-4)9-10-20(18)35-5/h9-10,15,22H,6-8,11-14,16H2,1-5H3,(H,26,32)(H,27,33)/t22-/m0/s1. The molecule has 0 aromatic heterocycles. The summed E-state index contributed by atoms with van der Waals surface area (Å²) in [6, 6.07) is 4.04. The van der Waals surface area contributed by atoms with Gasteiger partial charge < -0.3 is 29.7 Å². The molecule has 4 amide bonds.